The smallest absolute Gasteiger partial charge is 0.273 e. The molecule has 2 aromatic rings. The number of pyridine rings is 1. The molecule has 0 aliphatic carbocycles. The monoisotopic (exact) mass is 396 g/mol. The Kier molecular flexibility index (Phi) is 4.43. The SMILES string of the molecule is CO[C@@H]1[C@H]2OC(C)(C)O[C@H]2O[C@@H]1/C=C/CN1Cc2cc3ccccc3nc2C1=O. The molecular formula is C22H24N2O5. The van der Waals surface area contributed by atoms with Gasteiger partial charge in [0.25, 0.3) is 5.91 Å². The Bertz CT molecular complexity index is 988. The summed E-state index contributed by atoms with van der Waals surface area (Å²) in [4.78, 5) is 19.1. The van der Waals surface area contributed by atoms with Crippen molar-refractivity contribution in [1.29, 1.82) is 0 Å². The number of para-hydroxylation sites is 1. The van der Waals surface area contributed by atoms with Gasteiger partial charge in [0.05, 0.1) is 5.52 Å². The molecule has 4 atom stereocenters. The Hall–Kier alpha value is -2.32. The second-order valence-corrected chi connectivity index (χ2v) is 8.07. The van der Waals surface area contributed by atoms with Crippen molar-refractivity contribution in [2.45, 2.75) is 50.8 Å². The highest BCUT2D eigenvalue weighted by molar-refractivity contribution is 5.99. The van der Waals surface area contributed by atoms with Gasteiger partial charge in [-0.2, -0.15) is 0 Å². The van der Waals surface area contributed by atoms with Crippen LogP contribution < -0.4 is 0 Å². The van der Waals surface area contributed by atoms with Crippen molar-refractivity contribution < 1.29 is 23.7 Å². The fraction of sp³-hybridized carbons (Fsp3) is 0.455. The number of methoxy groups -OCH3 is 1. The Morgan fingerprint density at radius 2 is 2.14 bits per heavy atom. The van der Waals surface area contributed by atoms with Gasteiger partial charge in [-0.05, 0) is 26.0 Å². The van der Waals surface area contributed by atoms with E-state index in [-0.39, 0.29) is 24.2 Å². The van der Waals surface area contributed by atoms with Crippen LogP contribution in [0.25, 0.3) is 10.9 Å². The summed E-state index contributed by atoms with van der Waals surface area (Å²) in [6.07, 6.45) is 2.61. The van der Waals surface area contributed by atoms with Gasteiger partial charge in [-0.1, -0.05) is 30.4 Å². The Balaban J connectivity index is 1.26. The highest BCUT2D eigenvalue weighted by atomic mass is 16.8. The van der Waals surface area contributed by atoms with Gasteiger partial charge < -0.3 is 23.8 Å². The highest BCUT2D eigenvalue weighted by Crippen LogP contribution is 2.38. The van der Waals surface area contributed by atoms with E-state index < -0.39 is 12.1 Å². The molecule has 29 heavy (non-hydrogen) atoms. The normalized spacial score (nSPS) is 30.4. The number of hydrogen-bond donors (Lipinski definition) is 0. The van der Waals surface area contributed by atoms with E-state index in [9.17, 15) is 4.79 Å². The molecule has 0 bridgehead atoms. The summed E-state index contributed by atoms with van der Waals surface area (Å²) >= 11 is 0. The summed E-state index contributed by atoms with van der Waals surface area (Å²) in [5, 5.41) is 1.05. The standard InChI is InChI=1S/C22H24N2O5/c1-22(2)28-19-18(26-3)16(27-21(19)29-22)9-6-10-24-12-14-11-13-7-4-5-8-15(13)23-17(14)20(24)25/h4-9,11,16,18-19,21H,10,12H2,1-3H3/b9-6+/t16-,18+,19-,21-/m1/s1. The van der Waals surface area contributed by atoms with Gasteiger partial charge in [0.15, 0.2) is 12.1 Å². The van der Waals surface area contributed by atoms with Crippen LogP contribution >= 0.6 is 0 Å². The molecule has 2 saturated heterocycles. The summed E-state index contributed by atoms with van der Waals surface area (Å²) in [6.45, 7) is 4.76. The van der Waals surface area contributed by atoms with E-state index >= 15 is 0 Å². The Morgan fingerprint density at radius 1 is 1.31 bits per heavy atom. The molecule has 7 heteroatoms. The maximum atomic E-state index is 12.8. The third-order valence-corrected chi connectivity index (χ3v) is 5.60. The highest BCUT2D eigenvalue weighted by Gasteiger charge is 2.54. The average molecular weight is 396 g/mol. The van der Waals surface area contributed by atoms with Gasteiger partial charge in [-0.25, -0.2) is 4.98 Å². The second kappa shape index (κ2) is 6.88. The molecule has 0 N–H and O–H groups in total. The number of aromatic nitrogens is 1. The summed E-state index contributed by atoms with van der Waals surface area (Å²) in [5.74, 6) is -0.721. The number of carbonyl (C=O) groups excluding carboxylic acids is 1. The molecule has 1 aromatic heterocycles. The molecule has 0 spiro atoms. The van der Waals surface area contributed by atoms with Crippen LogP contribution in [0.15, 0.2) is 42.5 Å². The van der Waals surface area contributed by atoms with Crippen LogP contribution in [0.2, 0.25) is 0 Å². The lowest BCUT2D eigenvalue weighted by molar-refractivity contribution is -0.210. The molecule has 1 amide bonds. The number of amides is 1. The van der Waals surface area contributed by atoms with E-state index in [4.69, 9.17) is 18.9 Å². The van der Waals surface area contributed by atoms with Crippen LogP contribution in [0, 0.1) is 0 Å². The minimum atomic E-state index is -0.676. The van der Waals surface area contributed by atoms with Crippen LogP contribution in [0.4, 0.5) is 0 Å². The van der Waals surface area contributed by atoms with Crippen molar-refractivity contribution >= 4 is 16.8 Å². The second-order valence-electron chi connectivity index (χ2n) is 8.07. The van der Waals surface area contributed by atoms with Crippen LogP contribution in [0.5, 0.6) is 0 Å². The Labute approximate surface area is 169 Å². The van der Waals surface area contributed by atoms with Crippen molar-refractivity contribution in [2.75, 3.05) is 13.7 Å². The largest absolute Gasteiger partial charge is 0.375 e. The molecule has 0 radical (unpaired) electrons. The lowest BCUT2D eigenvalue weighted by Gasteiger charge is -2.23. The molecule has 1 aromatic carbocycles. The third kappa shape index (κ3) is 3.24. The average Bonchev–Trinajstić information content (AvgIpc) is 3.27. The third-order valence-electron chi connectivity index (χ3n) is 5.60. The number of nitrogens with zero attached hydrogens (tertiary/aromatic N) is 2. The predicted molar refractivity (Wildman–Crippen MR) is 105 cm³/mol. The maximum absolute atomic E-state index is 12.8. The van der Waals surface area contributed by atoms with E-state index in [1.807, 2.05) is 50.3 Å². The number of ether oxygens (including phenoxy) is 4. The van der Waals surface area contributed by atoms with Crippen LogP contribution in [0.3, 0.4) is 0 Å². The van der Waals surface area contributed by atoms with Gasteiger partial charge >= 0.3 is 0 Å². The molecule has 0 unspecified atom stereocenters. The molecule has 0 saturated carbocycles. The van der Waals surface area contributed by atoms with Crippen molar-refractivity contribution in [3.63, 3.8) is 0 Å². The molecule has 3 aliphatic rings. The van der Waals surface area contributed by atoms with Gasteiger partial charge in [-0.3, -0.25) is 4.79 Å². The van der Waals surface area contributed by atoms with E-state index in [0.717, 1.165) is 16.5 Å². The quantitative estimate of drug-likeness (QED) is 0.740. The van der Waals surface area contributed by atoms with E-state index in [2.05, 4.69) is 11.1 Å². The van der Waals surface area contributed by atoms with E-state index in [1.54, 1.807) is 12.0 Å². The van der Waals surface area contributed by atoms with Crippen LogP contribution in [0.1, 0.15) is 29.9 Å². The first-order chi connectivity index (χ1) is 13.9. The van der Waals surface area contributed by atoms with Gasteiger partial charge in [-0.15, -0.1) is 0 Å². The summed E-state index contributed by atoms with van der Waals surface area (Å²) in [6, 6.07) is 9.90. The molecule has 4 heterocycles. The first-order valence-corrected chi connectivity index (χ1v) is 9.84. The maximum Gasteiger partial charge on any atom is 0.273 e. The number of fused-ring (bicyclic) bond motifs is 3. The van der Waals surface area contributed by atoms with E-state index in [0.29, 0.717) is 18.8 Å². The topological polar surface area (TPSA) is 70.1 Å². The fourth-order valence-electron chi connectivity index (χ4n) is 4.29. The summed E-state index contributed by atoms with van der Waals surface area (Å²) < 4.78 is 23.2. The lowest BCUT2D eigenvalue weighted by Crippen LogP contribution is -2.35. The zero-order chi connectivity index (χ0) is 20.2. The minimum absolute atomic E-state index is 0.0451. The first kappa shape index (κ1) is 18.7. The molecular weight excluding hydrogens is 372 g/mol. The molecule has 5 rings (SSSR count). The van der Waals surface area contributed by atoms with Crippen molar-refractivity contribution in [2.24, 2.45) is 0 Å². The first-order valence-electron chi connectivity index (χ1n) is 9.84. The van der Waals surface area contributed by atoms with Gasteiger partial charge in [0.2, 0.25) is 0 Å². The lowest BCUT2D eigenvalue weighted by atomic mass is 10.1. The molecule has 2 fully saturated rings. The van der Waals surface area contributed by atoms with Crippen molar-refractivity contribution in [3.8, 4) is 0 Å². The van der Waals surface area contributed by atoms with Gasteiger partial charge in [0, 0.05) is 31.1 Å². The zero-order valence-corrected chi connectivity index (χ0v) is 16.7. The van der Waals surface area contributed by atoms with Crippen molar-refractivity contribution in [3.05, 3.63) is 53.7 Å². The summed E-state index contributed by atoms with van der Waals surface area (Å²) in [5.41, 5.74) is 2.35. The molecule has 7 nitrogen and oxygen atoms in total. The zero-order valence-electron chi connectivity index (χ0n) is 16.7. The molecule has 152 valence electrons. The number of rotatable bonds is 4. The van der Waals surface area contributed by atoms with Gasteiger partial charge in [0.1, 0.15) is 24.0 Å². The van der Waals surface area contributed by atoms with Crippen LogP contribution in [-0.2, 0) is 25.5 Å². The summed E-state index contributed by atoms with van der Waals surface area (Å²) in [7, 11) is 1.64. The number of hydrogen-bond acceptors (Lipinski definition) is 6. The minimum Gasteiger partial charge on any atom is -0.375 e. The van der Waals surface area contributed by atoms with Crippen molar-refractivity contribution in [1.82, 2.24) is 9.88 Å². The number of benzene rings is 1. The van der Waals surface area contributed by atoms with E-state index in [1.165, 1.54) is 0 Å². The fourth-order valence-corrected chi connectivity index (χ4v) is 4.29. The number of carbonyl (C=O) groups is 1. The van der Waals surface area contributed by atoms with Crippen LogP contribution in [-0.4, -0.2) is 59.8 Å². The molecule has 3 aliphatic heterocycles. The Morgan fingerprint density at radius 3 is 2.97 bits per heavy atom. The predicted octanol–water partition coefficient (Wildman–Crippen LogP) is 2.64.